The Morgan fingerprint density at radius 2 is 1.58 bits per heavy atom. The molecule has 0 saturated carbocycles. The van der Waals surface area contributed by atoms with Crippen molar-refractivity contribution in [1.82, 2.24) is 49.5 Å². The van der Waals surface area contributed by atoms with Crippen LogP contribution >= 0.6 is 0 Å². The van der Waals surface area contributed by atoms with Crippen LogP contribution in [0.5, 0.6) is 5.75 Å². The number of nitrogens with one attached hydrogen (secondary N) is 4. The fourth-order valence-electron chi connectivity index (χ4n) is 9.56. The lowest BCUT2D eigenvalue weighted by Gasteiger charge is -2.38. The summed E-state index contributed by atoms with van der Waals surface area (Å²) in [6.45, 7) is 6.04. The number of likely N-dealkylation sites (tertiary alicyclic amines) is 2. The number of benzene rings is 2. The number of carbonyl (C=O) groups is 3. The first kappa shape index (κ1) is 44.2. The van der Waals surface area contributed by atoms with E-state index in [1.54, 1.807) is 47.5 Å². The Labute approximate surface area is 380 Å². The first-order valence-corrected chi connectivity index (χ1v) is 22.4. The highest BCUT2D eigenvalue weighted by Gasteiger charge is 2.32. The van der Waals surface area contributed by atoms with E-state index in [0.29, 0.717) is 58.1 Å². The van der Waals surface area contributed by atoms with Gasteiger partial charge in [0.1, 0.15) is 17.7 Å². The summed E-state index contributed by atoms with van der Waals surface area (Å²) in [4.78, 5) is 73.0. The standard InChI is InChI=1S/C48H53FN12O5/c1-50-46(63)35-26-52-42(22-37(35)55-36-6-4-5-34(44(36)66-3)45-53-24-33(49)25-54-45)56-41-11-7-30(23-51-41)28-59-17-13-29(14-18-59)27-60-19-15-31(16-20-60)32-8-9-38-40(21-32)58(2)48(65)61(38)39-10-12-43(62)57-47(39)64/h4-9,11,21-26,29,31,39H,10,12-20,27-28H2,1-3H3,(H,50,63)(H,57,62,64)(H2,51,52,55,56). The summed E-state index contributed by atoms with van der Waals surface area (Å²) in [5.74, 6) is 1.25. The zero-order valence-corrected chi connectivity index (χ0v) is 37.2. The predicted octanol–water partition coefficient (Wildman–Crippen LogP) is 5.65. The van der Waals surface area contributed by atoms with Gasteiger partial charge in [-0.25, -0.2) is 29.1 Å². The third-order valence-corrected chi connectivity index (χ3v) is 13.1. The van der Waals surface area contributed by atoms with Crippen molar-refractivity contribution in [2.24, 2.45) is 13.0 Å². The Hall–Kier alpha value is -7.05. The van der Waals surface area contributed by atoms with Crippen molar-refractivity contribution in [2.45, 2.75) is 57.0 Å². The van der Waals surface area contributed by atoms with E-state index in [-0.39, 0.29) is 29.7 Å². The van der Waals surface area contributed by atoms with Crippen molar-refractivity contribution in [2.75, 3.05) is 57.5 Å². The van der Waals surface area contributed by atoms with E-state index in [1.807, 2.05) is 18.3 Å². The van der Waals surface area contributed by atoms with E-state index in [0.717, 1.165) is 93.9 Å². The highest BCUT2D eigenvalue weighted by atomic mass is 19.1. The summed E-state index contributed by atoms with van der Waals surface area (Å²) in [5.41, 5.74) is 5.51. The largest absolute Gasteiger partial charge is 0.494 e. The Morgan fingerprint density at radius 3 is 2.29 bits per heavy atom. The molecule has 7 heterocycles. The molecule has 3 amide bonds. The quantitative estimate of drug-likeness (QED) is 0.104. The average molecular weight is 897 g/mol. The highest BCUT2D eigenvalue weighted by Crippen LogP contribution is 2.38. The number of imide groups is 1. The van der Waals surface area contributed by atoms with Gasteiger partial charge >= 0.3 is 5.69 Å². The number of ether oxygens (including phenoxy) is 1. The molecule has 3 aliphatic rings. The van der Waals surface area contributed by atoms with Gasteiger partial charge < -0.3 is 25.6 Å². The zero-order valence-electron chi connectivity index (χ0n) is 37.2. The Morgan fingerprint density at radius 1 is 0.818 bits per heavy atom. The number of fused-ring (bicyclic) bond motifs is 1. The smallest absolute Gasteiger partial charge is 0.329 e. The predicted molar refractivity (Wildman–Crippen MR) is 247 cm³/mol. The van der Waals surface area contributed by atoms with Crippen molar-refractivity contribution in [3.8, 4) is 17.1 Å². The average Bonchev–Trinajstić information content (AvgIpc) is 3.58. The number of imidazole rings is 1. The van der Waals surface area contributed by atoms with Crippen LogP contribution in [0, 0.1) is 11.7 Å². The zero-order chi connectivity index (χ0) is 45.9. The molecule has 3 aliphatic heterocycles. The normalized spacial score (nSPS) is 17.7. The van der Waals surface area contributed by atoms with Gasteiger partial charge in [0.05, 0.1) is 53.0 Å². The second-order valence-electron chi connectivity index (χ2n) is 17.3. The van der Waals surface area contributed by atoms with Crippen molar-refractivity contribution in [3.63, 3.8) is 0 Å². The van der Waals surface area contributed by atoms with Crippen LogP contribution in [0.4, 0.5) is 27.4 Å². The minimum Gasteiger partial charge on any atom is -0.494 e. The van der Waals surface area contributed by atoms with Gasteiger partial charge in [0.15, 0.2) is 17.4 Å². The molecular formula is C48H53FN12O5. The number of nitrogens with zero attached hydrogens (tertiary/aromatic N) is 8. The molecule has 1 unspecified atom stereocenters. The number of anilines is 4. The number of para-hydroxylation sites is 1. The van der Waals surface area contributed by atoms with Crippen LogP contribution in [0.1, 0.15) is 72.0 Å². The van der Waals surface area contributed by atoms with Crippen LogP contribution < -0.4 is 31.7 Å². The number of carbonyl (C=O) groups excluding carboxylic acids is 3. The number of aromatic nitrogens is 6. The van der Waals surface area contributed by atoms with Gasteiger partial charge in [0.2, 0.25) is 11.8 Å². The lowest BCUT2D eigenvalue weighted by Crippen LogP contribution is -2.44. The fourth-order valence-corrected chi connectivity index (χ4v) is 9.56. The van der Waals surface area contributed by atoms with Gasteiger partial charge in [0, 0.05) is 52.1 Å². The molecule has 1 atom stereocenters. The number of rotatable bonds is 13. The summed E-state index contributed by atoms with van der Waals surface area (Å²) in [7, 11) is 4.82. The van der Waals surface area contributed by atoms with Crippen LogP contribution in [0.3, 0.4) is 0 Å². The summed E-state index contributed by atoms with van der Waals surface area (Å²) in [6.07, 6.45) is 10.5. The van der Waals surface area contributed by atoms with Gasteiger partial charge in [-0.15, -0.1) is 0 Å². The minimum absolute atomic E-state index is 0.220. The lowest BCUT2D eigenvalue weighted by molar-refractivity contribution is -0.135. The Kier molecular flexibility index (Phi) is 12.8. The number of hydrogen-bond donors (Lipinski definition) is 4. The molecule has 0 bridgehead atoms. The van der Waals surface area contributed by atoms with Gasteiger partial charge in [-0.1, -0.05) is 18.2 Å². The molecule has 18 heteroatoms. The van der Waals surface area contributed by atoms with Crippen LogP contribution in [-0.4, -0.2) is 103 Å². The first-order valence-electron chi connectivity index (χ1n) is 22.4. The fraction of sp³-hybridized carbons (Fsp3) is 0.375. The summed E-state index contributed by atoms with van der Waals surface area (Å²) >= 11 is 0. The van der Waals surface area contributed by atoms with Gasteiger partial charge in [-0.05, 0) is 112 Å². The molecule has 0 radical (unpaired) electrons. The van der Waals surface area contributed by atoms with Crippen LogP contribution in [0.25, 0.3) is 22.4 Å². The van der Waals surface area contributed by atoms with Crippen molar-refractivity contribution in [3.05, 3.63) is 112 Å². The van der Waals surface area contributed by atoms with Crippen molar-refractivity contribution < 1.29 is 23.5 Å². The second-order valence-corrected chi connectivity index (χ2v) is 17.3. The van der Waals surface area contributed by atoms with Crippen molar-refractivity contribution in [1.29, 1.82) is 0 Å². The van der Waals surface area contributed by atoms with Gasteiger partial charge in [-0.2, -0.15) is 0 Å². The van der Waals surface area contributed by atoms with Crippen LogP contribution in [0.15, 0.2) is 84.2 Å². The van der Waals surface area contributed by atoms with E-state index in [1.165, 1.54) is 18.9 Å². The molecule has 66 heavy (non-hydrogen) atoms. The molecule has 6 aromatic rings. The summed E-state index contributed by atoms with van der Waals surface area (Å²) < 4.78 is 22.5. The van der Waals surface area contributed by atoms with E-state index in [4.69, 9.17) is 4.74 Å². The summed E-state index contributed by atoms with van der Waals surface area (Å²) in [5, 5.41) is 11.6. The topological polar surface area (TPSA) is 194 Å². The SMILES string of the molecule is CNC(=O)c1cnc(Nc2ccc(CN3CCC(CN4CCC(c5ccc6c(c5)n(C)c(=O)n6C5CCC(=O)NC5=O)CC4)CC3)cn2)cc1Nc1cccc(-c2ncc(F)cn2)c1OC. The van der Waals surface area contributed by atoms with Gasteiger partial charge in [0.25, 0.3) is 5.91 Å². The molecule has 0 spiro atoms. The number of halogens is 1. The molecule has 4 aromatic heterocycles. The monoisotopic (exact) mass is 896 g/mol. The molecule has 17 nitrogen and oxygen atoms in total. The maximum atomic E-state index is 13.6. The Balaban J connectivity index is 0.763. The van der Waals surface area contributed by atoms with Crippen LogP contribution in [0.2, 0.25) is 0 Å². The molecule has 4 N–H and O–H groups in total. The molecule has 0 aliphatic carbocycles. The first-order chi connectivity index (χ1) is 32.0. The second kappa shape index (κ2) is 19.2. The Bertz CT molecular complexity index is 2810. The molecule has 9 rings (SSSR count). The third-order valence-electron chi connectivity index (χ3n) is 13.1. The molecule has 3 fully saturated rings. The third kappa shape index (κ3) is 9.37. The maximum Gasteiger partial charge on any atom is 0.329 e. The number of pyridine rings is 2. The van der Waals surface area contributed by atoms with Crippen LogP contribution in [-0.2, 0) is 23.2 Å². The number of hydrogen-bond acceptors (Lipinski definition) is 13. The lowest BCUT2D eigenvalue weighted by atomic mass is 9.88. The maximum absolute atomic E-state index is 13.6. The summed E-state index contributed by atoms with van der Waals surface area (Å²) in [6, 6.07) is 16.6. The number of methoxy groups -OCH3 is 1. The number of amides is 3. The molecular weight excluding hydrogens is 844 g/mol. The number of aryl methyl sites for hydroxylation is 1. The van der Waals surface area contributed by atoms with Crippen molar-refractivity contribution >= 4 is 51.8 Å². The van der Waals surface area contributed by atoms with Gasteiger partial charge in [-0.3, -0.25) is 33.7 Å². The highest BCUT2D eigenvalue weighted by molar-refractivity contribution is 6.01. The van der Waals surface area contributed by atoms with E-state index in [9.17, 15) is 23.6 Å². The van der Waals surface area contributed by atoms with E-state index >= 15 is 0 Å². The number of piperidine rings is 3. The molecule has 342 valence electrons. The molecule has 3 saturated heterocycles. The van der Waals surface area contributed by atoms with E-state index in [2.05, 4.69) is 69.2 Å². The molecule has 2 aromatic carbocycles. The van der Waals surface area contributed by atoms with E-state index < -0.39 is 17.8 Å². The minimum atomic E-state index is -0.685.